The molecule has 0 amide bonds. The number of nitrogens with one attached hydrogen (secondary N) is 2. The summed E-state index contributed by atoms with van der Waals surface area (Å²) in [4.78, 5) is 7.14. The van der Waals surface area contributed by atoms with Crippen LogP contribution in [0.25, 0.3) is 0 Å². The Morgan fingerprint density at radius 3 is 2.18 bits per heavy atom. The largest absolute Gasteiger partial charge is 0.377 e. The SMILES string of the molecule is CCCN(CCC)CCCNC(=NCC(C)(C)OC)NCC. The van der Waals surface area contributed by atoms with Crippen LogP contribution in [-0.2, 0) is 4.74 Å². The fraction of sp³-hybridized carbons (Fsp3) is 0.941. The Morgan fingerprint density at radius 1 is 1.05 bits per heavy atom. The number of nitrogens with zero attached hydrogens (tertiary/aromatic N) is 2. The summed E-state index contributed by atoms with van der Waals surface area (Å²) in [6.45, 7) is 16.7. The molecule has 0 aromatic carbocycles. The van der Waals surface area contributed by atoms with Crippen molar-refractivity contribution < 1.29 is 4.74 Å². The lowest BCUT2D eigenvalue weighted by atomic mass is 10.1. The van der Waals surface area contributed by atoms with Gasteiger partial charge >= 0.3 is 0 Å². The van der Waals surface area contributed by atoms with Gasteiger partial charge in [-0.2, -0.15) is 0 Å². The van der Waals surface area contributed by atoms with Crippen LogP contribution in [-0.4, -0.2) is 62.8 Å². The van der Waals surface area contributed by atoms with E-state index < -0.39 is 0 Å². The summed E-state index contributed by atoms with van der Waals surface area (Å²) in [7, 11) is 1.73. The molecule has 0 saturated heterocycles. The highest BCUT2D eigenvalue weighted by Gasteiger charge is 2.15. The lowest BCUT2D eigenvalue weighted by Gasteiger charge is -2.22. The average Bonchev–Trinajstić information content (AvgIpc) is 2.49. The van der Waals surface area contributed by atoms with Crippen molar-refractivity contribution in [1.82, 2.24) is 15.5 Å². The van der Waals surface area contributed by atoms with Crippen molar-refractivity contribution in [3.05, 3.63) is 0 Å². The van der Waals surface area contributed by atoms with Crippen LogP contribution in [0.4, 0.5) is 0 Å². The van der Waals surface area contributed by atoms with Gasteiger partial charge in [0, 0.05) is 20.2 Å². The van der Waals surface area contributed by atoms with Crippen LogP contribution >= 0.6 is 0 Å². The quantitative estimate of drug-likeness (QED) is 0.330. The first kappa shape index (κ1) is 21.2. The fourth-order valence-electron chi connectivity index (χ4n) is 2.15. The van der Waals surface area contributed by atoms with E-state index in [9.17, 15) is 0 Å². The Hall–Kier alpha value is -0.810. The van der Waals surface area contributed by atoms with Gasteiger partial charge in [-0.25, -0.2) is 0 Å². The van der Waals surface area contributed by atoms with Crippen molar-refractivity contribution in [2.75, 3.05) is 46.4 Å². The molecule has 0 unspecified atom stereocenters. The minimum atomic E-state index is -0.221. The van der Waals surface area contributed by atoms with Gasteiger partial charge in [-0.3, -0.25) is 4.99 Å². The van der Waals surface area contributed by atoms with Gasteiger partial charge in [0.2, 0.25) is 0 Å². The summed E-state index contributed by atoms with van der Waals surface area (Å²) >= 11 is 0. The molecule has 0 bridgehead atoms. The Kier molecular flexibility index (Phi) is 12.2. The number of hydrogen-bond donors (Lipinski definition) is 2. The number of rotatable bonds is 12. The number of hydrogen-bond acceptors (Lipinski definition) is 3. The van der Waals surface area contributed by atoms with E-state index in [2.05, 4.69) is 41.3 Å². The summed E-state index contributed by atoms with van der Waals surface area (Å²) in [5, 5.41) is 6.70. The molecule has 0 aromatic heterocycles. The molecule has 5 heteroatoms. The van der Waals surface area contributed by atoms with Gasteiger partial charge in [-0.05, 0) is 59.7 Å². The molecule has 22 heavy (non-hydrogen) atoms. The Labute approximate surface area is 137 Å². The lowest BCUT2D eigenvalue weighted by Crippen LogP contribution is -2.40. The second-order valence-corrected chi connectivity index (χ2v) is 6.28. The minimum absolute atomic E-state index is 0.221. The summed E-state index contributed by atoms with van der Waals surface area (Å²) < 4.78 is 5.41. The third kappa shape index (κ3) is 10.9. The number of ether oxygens (including phenoxy) is 1. The predicted molar refractivity (Wildman–Crippen MR) is 96.7 cm³/mol. The summed E-state index contributed by atoms with van der Waals surface area (Å²) in [6, 6.07) is 0. The van der Waals surface area contributed by atoms with Gasteiger partial charge in [0.15, 0.2) is 5.96 Å². The predicted octanol–water partition coefficient (Wildman–Crippen LogP) is 2.48. The average molecular weight is 315 g/mol. The van der Waals surface area contributed by atoms with Crippen molar-refractivity contribution in [3.8, 4) is 0 Å². The zero-order valence-corrected chi connectivity index (χ0v) is 15.7. The standard InChI is InChI=1S/C17H38N4O/c1-7-12-21(13-8-2)14-10-11-19-16(18-9-3)20-15-17(4,5)22-6/h7-15H2,1-6H3,(H2,18,19,20). The molecule has 0 saturated carbocycles. The topological polar surface area (TPSA) is 48.9 Å². The molecular formula is C17H38N4O. The summed E-state index contributed by atoms with van der Waals surface area (Å²) in [5.41, 5.74) is -0.221. The zero-order chi connectivity index (χ0) is 16.8. The second-order valence-electron chi connectivity index (χ2n) is 6.28. The van der Waals surface area contributed by atoms with Crippen molar-refractivity contribution >= 4 is 5.96 Å². The molecule has 0 radical (unpaired) electrons. The molecular weight excluding hydrogens is 276 g/mol. The molecule has 0 spiro atoms. The highest BCUT2D eigenvalue weighted by atomic mass is 16.5. The lowest BCUT2D eigenvalue weighted by molar-refractivity contribution is 0.0310. The molecule has 2 N–H and O–H groups in total. The Balaban J connectivity index is 4.16. The third-order valence-corrected chi connectivity index (χ3v) is 3.54. The highest BCUT2D eigenvalue weighted by Crippen LogP contribution is 2.06. The van der Waals surface area contributed by atoms with Gasteiger partial charge in [0.1, 0.15) is 0 Å². The minimum Gasteiger partial charge on any atom is -0.377 e. The van der Waals surface area contributed by atoms with E-state index in [0.717, 1.165) is 32.0 Å². The van der Waals surface area contributed by atoms with Gasteiger partial charge in [0.25, 0.3) is 0 Å². The molecule has 0 rings (SSSR count). The third-order valence-electron chi connectivity index (χ3n) is 3.54. The van der Waals surface area contributed by atoms with Crippen LogP contribution in [0.3, 0.4) is 0 Å². The van der Waals surface area contributed by atoms with E-state index >= 15 is 0 Å². The number of aliphatic imine (C=N–C) groups is 1. The van der Waals surface area contributed by atoms with Crippen LogP contribution in [0.5, 0.6) is 0 Å². The molecule has 0 aliphatic carbocycles. The number of guanidine groups is 1. The van der Waals surface area contributed by atoms with E-state index in [1.807, 2.05) is 13.8 Å². The Bertz CT molecular complexity index is 286. The molecule has 5 nitrogen and oxygen atoms in total. The normalized spacial score (nSPS) is 12.8. The van der Waals surface area contributed by atoms with Gasteiger partial charge in [-0.1, -0.05) is 13.8 Å². The molecule has 132 valence electrons. The van der Waals surface area contributed by atoms with Crippen molar-refractivity contribution in [1.29, 1.82) is 0 Å². The summed E-state index contributed by atoms with van der Waals surface area (Å²) in [6.07, 6.45) is 3.59. The van der Waals surface area contributed by atoms with E-state index in [4.69, 9.17) is 4.74 Å². The Morgan fingerprint density at radius 2 is 1.68 bits per heavy atom. The van der Waals surface area contributed by atoms with Crippen LogP contribution < -0.4 is 10.6 Å². The molecule has 0 atom stereocenters. The maximum atomic E-state index is 5.41. The molecule has 0 heterocycles. The van der Waals surface area contributed by atoms with E-state index in [1.165, 1.54) is 25.9 Å². The highest BCUT2D eigenvalue weighted by molar-refractivity contribution is 5.79. The molecule has 0 fully saturated rings. The van der Waals surface area contributed by atoms with Crippen molar-refractivity contribution in [2.45, 2.75) is 59.5 Å². The zero-order valence-electron chi connectivity index (χ0n) is 15.7. The van der Waals surface area contributed by atoms with Gasteiger partial charge in [0.05, 0.1) is 12.1 Å². The van der Waals surface area contributed by atoms with Gasteiger partial charge in [-0.15, -0.1) is 0 Å². The van der Waals surface area contributed by atoms with Crippen molar-refractivity contribution in [2.24, 2.45) is 4.99 Å². The maximum Gasteiger partial charge on any atom is 0.191 e. The van der Waals surface area contributed by atoms with Gasteiger partial charge < -0.3 is 20.3 Å². The van der Waals surface area contributed by atoms with Crippen LogP contribution in [0, 0.1) is 0 Å². The van der Waals surface area contributed by atoms with E-state index in [-0.39, 0.29) is 5.60 Å². The fourth-order valence-corrected chi connectivity index (χ4v) is 2.15. The van der Waals surface area contributed by atoms with Crippen LogP contribution in [0.2, 0.25) is 0 Å². The first-order valence-electron chi connectivity index (χ1n) is 8.78. The molecule has 0 aromatic rings. The second kappa shape index (κ2) is 12.7. The summed E-state index contributed by atoms with van der Waals surface area (Å²) in [5.74, 6) is 0.880. The molecule has 0 aliphatic rings. The van der Waals surface area contributed by atoms with E-state index in [0.29, 0.717) is 6.54 Å². The monoisotopic (exact) mass is 314 g/mol. The maximum absolute atomic E-state index is 5.41. The van der Waals surface area contributed by atoms with Crippen molar-refractivity contribution in [3.63, 3.8) is 0 Å². The number of methoxy groups -OCH3 is 1. The smallest absolute Gasteiger partial charge is 0.191 e. The van der Waals surface area contributed by atoms with Crippen LogP contribution in [0.1, 0.15) is 53.9 Å². The molecule has 0 aliphatic heterocycles. The first-order valence-corrected chi connectivity index (χ1v) is 8.78. The van der Waals surface area contributed by atoms with E-state index in [1.54, 1.807) is 7.11 Å². The van der Waals surface area contributed by atoms with Crippen LogP contribution in [0.15, 0.2) is 4.99 Å². The first-order chi connectivity index (χ1) is 10.5.